The van der Waals surface area contributed by atoms with Crippen molar-refractivity contribution in [3.63, 3.8) is 0 Å². The van der Waals surface area contributed by atoms with Crippen LogP contribution >= 0.6 is 0 Å². The zero-order valence-corrected chi connectivity index (χ0v) is 34.5. The van der Waals surface area contributed by atoms with Gasteiger partial charge in [0.15, 0.2) is 0 Å². The van der Waals surface area contributed by atoms with Gasteiger partial charge in [-0.3, -0.25) is 0 Å². The van der Waals surface area contributed by atoms with E-state index in [0.29, 0.717) is 0 Å². The average Bonchev–Trinajstić information content (AvgIpc) is 3.99. The maximum absolute atomic E-state index is 2.50. The SMILES string of the molecule is c1ccc(-c2ccc(-n3c4ccc(-c5cccc6c5c5ccccc5n6-c5ccccc5)cc4c4cc(C5(c6ccccc6)c6ccccc6-c6ccccc65)ccc43)cc2)cc1. The van der Waals surface area contributed by atoms with Crippen molar-refractivity contribution in [1.29, 1.82) is 0 Å². The monoisotopic (exact) mass is 800 g/mol. The smallest absolute Gasteiger partial charge is 0.0713 e. The van der Waals surface area contributed by atoms with E-state index in [2.05, 4.69) is 252 Å². The lowest BCUT2D eigenvalue weighted by Gasteiger charge is -2.34. The first-order chi connectivity index (χ1) is 31.3. The fourth-order valence-electron chi connectivity index (χ4n) is 11.0. The largest absolute Gasteiger partial charge is 0.309 e. The van der Waals surface area contributed by atoms with Gasteiger partial charge >= 0.3 is 0 Å². The maximum Gasteiger partial charge on any atom is 0.0713 e. The van der Waals surface area contributed by atoms with Gasteiger partial charge in [0, 0.05) is 32.9 Å². The number of benzene rings is 10. The van der Waals surface area contributed by atoms with Crippen LogP contribution in [0.1, 0.15) is 22.3 Å². The quantitative estimate of drug-likeness (QED) is 0.159. The van der Waals surface area contributed by atoms with Crippen molar-refractivity contribution < 1.29 is 0 Å². The molecule has 0 spiro atoms. The van der Waals surface area contributed by atoms with Gasteiger partial charge in [-0.2, -0.15) is 0 Å². The van der Waals surface area contributed by atoms with Gasteiger partial charge in [0.2, 0.25) is 0 Å². The lowest BCUT2D eigenvalue weighted by molar-refractivity contribution is 0.770. The van der Waals surface area contributed by atoms with Gasteiger partial charge in [0.05, 0.1) is 27.5 Å². The molecule has 0 saturated heterocycles. The molecule has 1 aliphatic carbocycles. The summed E-state index contributed by atoms with van der Waals surface area (Å²) in [5.74, 6) is 0. The minimum Gasteiger partial charge on any atom is -0.309 e. The van der Waals surface area contributed by atoms with E-state index >= 15 is 0 Å². The molecule has 10 aromatic carbocycles. The van der Waals surface area contributed by atoms with Crippen LogP contribution in [-0.2, 0) is 5.41 Å². The second kappa shape index (κ2) is 13.9. The van der Waals surface area contributed by atoms with Gasteiger partial charge in [-0.1, -0.05) is 182 Å². The average molecular weight is 801 g/mol. The van der Waals surface area contributed by atoms with Crippen LogP contribution in [-0.4, -0.2) is 9.13 Å². The molecule has 2 nitrogen and oxygen atoms in total. The van der Waals surface area contributed by atoms with Crippen molar-refractivity contribution >= 4 is 43.6 Å². The van der Waals surface area contributed by atoms with E-state index in [1.165, 1.54) is 99.2 Å². The molecule has 63 heavy (non-hydrogen) atoms. The standard InChI is InChI=1S/C61H40N2/c1-4-17-41(18-5-1)42-31-35-47(36-32-42)62-57-37-33-43(48-26-16-30-59-60(48)51-25-12-15-29-56(51)63(59)46-21-8-3-9-22-46)39-52(57)53-40-45(34-38-58(53)62)61(44-19-6-2-7-20-44)54-27-13-10-23-49(54)50-24-11-14-28-55(50)61/h1-40H. The highest BCUT2D eigenvalue weighted by Crippen LogP contribution is 2.56. The fourth-order valence-corrected chi connectivity index (χ4v) is 11.0. The summed E-state index contributed by atoms with van der Waals surface area (Å²) < 4.78 is 4.87. The molecule has 0 unspecified atom stereocenters. The molecule has 0 fully saturated rings. The van der Waals surface area contributed by atoms with Gasteiger partial charge in [-0.25, -0.2) is 0 Å². The number of para-hydroxylation sites is 2. The van der Waals surface area contributed by atoms with Crippen molar-refractivity contribution in [1.82, 2.24) is 9.13 Å². The first-order valence-electron chi connectivity index (χ1n) is 21.8. The lowest BCUT2D eigenvalue weighted by atomic mass is 9.67. The Morgan fingerprint density at radius 2 is 0.762 bits per heavy atom. The van der Waals surface area contributed by atoms with Crippen LogP contribution in [0, 0.1) is 0 Å². The zero-order chi connectivity index (χ0) is 41.5. The summed E-state index contributed by atoms with van der Waals surface area (Å²) in [7, 11) is 0. The highest BCUT2D eigenvalue weighted by molar-refractivity contribution is 6.17. The Hall–Kier alpha value is -8.20. The van der Waals surface area contributed by atoms with Crippen molar-refractivity contribution in [3.05, 3.63) is 265 Å². The van der Waals surface area contributed by atoms with Crippen LogP contribution in [0.2, 0.25) is 0 Å². The van der Waals surface area contributed by atoms with Crippen LogP contribution < -0.4 is 0 Å². The molecule has 12 aromatic rings. The van der Waals surface area contributed by atoms with E-state index in [4.69, 9.17) is 0 Å². The summed E-state index contributed by atoms with van der Waals surface area (Å²) in [4.78, 5) is 0. The third-order valence-corrected chi connectivity index (χ3v) is 13.6. The fraction of sp³-hybridized carbons (Fsp3) is 0.0164. The highest BCUT2D eigenvalue weighted by Gasteiger charge is 2.46. The van der Waals surface area contributed by atoms with Gasteiger partial charge in [0.1, 0.15) is 0 Å². The molecule has 0 atom stereocenters. The molecule has 1 aliphatic rings. The molecule has 2 heteroatoms. The maximum atomic E-state index is 2.50. The number of rotatable bonds is 6. The van der Waals surface area contributed by atoms with Crippen molar-refractivity contribution in [2.75, 3.05) is 0 Å². The van der Waals surface area contributed by atoms with Gasteiger partial charge < -0.3 is 9.13 Å². The Bertz CT molecular complexity index is 3660. The lowest BCUT2D eigenvalue weighted by Crippen LogP contribution is -2.28. The Labute approximate surface area is 366 Å². The minimum absolute atomic E-state index is 0.503. The Kier molecular flexibility index (Phi) is 7.85. The molecule has 2 aromatic heterocycles. The first-order valence-corrected chi connectivity index (χ1v) is 21.8. The molecule has 0 radical (unpaired) electrons. The molecule has 294 valence electrons. The van der Waals surface area contributed by atoms with E-state index in [-0.39, 0.29) is 0 Å². The zero-order valence-electron chi connectivity index (χ0n) is 34.5. The van der Waals surface area contributed by atoms with Crippen LogP contribution in [0.15, 0.2) is 243 Å². The second-order valence-corrected chi connectivity index (χ2v) is 16.8. The van der Waals surface area contributed by atoms with E-state index < -0.39 is 5.41 Å². The van der Waals surface area contributed by atoms with Crippen LogP contribution in [0.3, 0.4) is 0 Å². The Morgan fingerprint density at radius 1 is 0.270 bits per heavy atom. The van der Waals surface area contributed by atoms with Crippen molar-refractivity contribution in [2.45, 2.75) is 5.41 Å². The van der Waals surface area contributed by atoms with Crippen LogP contribution in [0.5, 0.6) is 0 Å². The van der Waals surface area contributed by atoms with E-state index in [1.807, 2.05) is 0 Å². The Morgan fingerprint density at radius 3 is 1.49 bits per heavy atom. The topological polar surface area (TPSA) is 9.86 Å². The van der Waals surface area contributed by atoms with E-state index in [0.717, 1.165) is 11.4 Å². The minimum atomic E-state index is -0.503. The molecule has 0 bridgehead atoms. The summed E-state index contributed by atoms with van der Waals surface area (Å²) in [6.07, 6.45) is 0. The third kappa shape index (κ3) is 5.19. The summed E-state index contributed by atoms with van der Waals surface area (Å²) >= 11 is 0. The number of nitrogens with zero attached hydrogens (tertiary/aromatic N) is 2. The summed E-state index contributed by atoms with van der Waals surface area (Å²) in [6, 6.07) is 89.6. The molecule has 2 heterocycles. The van der Waals surface area contributed by atoms with Crippen molar-refractivity contribution in [2.24, 2.45) is 0 Å². The Balaban J connectivity index is 1.10. The molecule has 13 rings (SSSR count). The number of hydrogen-bond acceptors (Lipinski definition) is 0. The summed E-state index contributed by atoms with van der Waals surface area (Å²) in [5.41, 5.74) is 19.2. The number of hydrogen-bond donors (Lipinski definition) is 0. The second-order valence-electron chi connectivity index (χ2n) is 16.8. The van der Waals surface area contributed by atoms with Gasteiger partial charge in [0.25, 0.3) is 0 Å². The summed E-state index contributed by atoms with van der Waals surface area (Å²) in [6.45, 7) is 0. The van der Waals surface area contributed by atoms with Crippen LogP contribution in [0.25, 0.3) is 88.4 Å². The number of aromatic nitrogens is 2. The van der Waals surface area contributed by atoms with Crippen LogP contribution in [0.4, 0.5) is 0 Å². The molecule has 0 saturated carbocycles. The third-order valence-electron chi connectivity index (χ3n) is 13.6. The van der Waals surface area contributed by atoms with Crippen molar-refractivity contribution in [3.8, 4) is 44.8 Å². The molecule has 0 N–H and O–H groups in total. The molecular formula is C61H40N2. The molecular weight excluding hydrogens is 761 g/mol. The first kappa shape index (κ1) is 35.5. The van der Waals surface area contributed by atoms with E-state index in [9.17, 15) is 0 Å². The predicted octanol–water partition coefficient (Wildman–Crippen LogP) is 15.6. The van der Waals surface area contributed by atoms with Gasteiger partial charge in [-0.15, -0.1) is 0 Å². The number of fused-ring (bicyclic) bond motifs is 9. The highest BCUT2D eigenvalue weighted by atomic mass is 15.0. The predicted molar refractivity (Wildman–Crippen MR) is 263 cm³/mol. The van der Waals surface area contributed by atoms with Gasteiger partial charge in [-0.05, 0) is 116 Å². The summed E-state index contributed by atoms with van der Waals surface area (Å²) in [5, 5.41) is 4.97. The normalized spacial score (nSPS) is 12.9. The van der Waals surface area contributed by atoms with E-state index in [1.54, 1.807) is 0 Å². The molecule has 0 aliphatic heterocycles. The molecule has 0 amide bonds.